The first-order valence-corrected chi connectivity index (χ1v) is 5.96. The molecule has 1 aromatic carbocycles. The number of hydrogen-bond acceptors (Lipinski definition) is 1. The van der Waals surface area contributed by atoms with Crippen molar-refractivity contribution in [3.05, 3.63) is 65.3 Å². The summed E-state index contributed by atoms with van der Waals surface area (Å²) in [4.78, 5) is 0. The van der Waals surface area contributed by atoms with Gasteiger partial charge in [0.1, 0.15) is 12.4 Å². The van der Waals surface area contributed by atoms with Crippen molar-refractivity contribution in [2.45, 2.75) is 20.3 Å². The van der Waals surface area contributed by atoms with Gasteiger partial charge >= 0.3 is 0 Å². The summed E-state index contributed by atoms with van der Waals surface area (Å²) in [6.07, 6.45) is 9.59. The third kappa shape index (κ3) is 3.63. The van der Waals surface area contributed by atoms with Gasteiger partial charge < -0.3 is 4.74 Å². The van der Waals surface area contributed by atoms with Crippen LogP contribution >= 0.6 is 0 Å². The highest BCUT2D eigenvalue weighted by Gasteiger charge is 1.98. The van der Waals surface area contributed by atoms with Crippen LogP contribution in [0.25, 0.3) is 0 Å². The van der Waals surface area contributed by atoms with Crippen molar-refractivity contribution in [1.29, 1.82) is 0 Å². The van der Waals surface area contributed by atoms with Gasteiger partial charge in [-0.3, -0.25) is 0 Å². The Balaban J connectivity index is 1.93. The molecule has 0 unspecified atom stereocenters. The molecule has 0 bridgehead atoms. The van der Waals surface area contributed by atoms with Gasteiger partial charge in [-0.15, -0.1) is 0 Å². The highest BCUT2D eigenvalue weighted by molar-refractivity contribution is 5.31. The summed E-state index contributed by atoms with van der Waals surface area (Å²) in [6.45, 7) is 4.86. The number of ether oxygens (including phenoxy) is 1. The van der Waals surface area contributed by atoms with Crippen molar-refractivity contribution in [3.8, 4) is 5.75 Å². The normalized spacial score (nSPS) is 14.9. The minimum atomic E-state index is 0.640. The van der Waals surface area contributed by atoms with E-state index >= 15 is 0 Å². The molecule has 0 saturated heterocycles. The molecule has 0 N–H and O–H groups in total. The molecule has 0 saturated carbocycles. The van der Waals surface area contributed by atoms with E-state index in [0.717, 1.165) is 12.2 Å². The first-order chi connectivity index (χ1) is 8.24. The van der Waals surface area contributed by atoms with Gasteiger partial charge in [-0.2, -0.15) is 0 Å². The molecular formula is C16H18O. The van der Waals surface area contributed by atoms with Crippen molar-refractivity contribution in [2.75, 3.05) is 6.61 Å². The molecule has 0 heterocycles. The zero-order chi connectivity index (χ0) is 12.1. The van der Waals surface area contributed by atoms with Gasteiger partial charge in [0, 0.05) is 0 Å². The van der Waals surface area contributed by atoms with Crippen LogP contribution in [0.5, 0.6) is 5.75 Å². The van der Waals surface area contributed by atoms with Crippen LogP contribution in [0.2, 0.25) is 0 Å². The highest BCUT2D eigenvalue weighted by Crippen LogP contribution is 2.15. The van der Waals surface area contributed by atoms with Gasteiger partial charge in [0.05, 0.1) is 0 Å². The van der Waals surface area contributed by atoms with Crippen molar-refractivity contribution < 1.29 is 4.74 Å². The molecule has 0 aromatic heterocycles. The molecule has 17 heavy (non-hydrogen) atoms. The zero-order valence-corrected chi connectivity index (χ0v) is 10.4. The van der Waals surface area contributed by atoms with Crippen LogP contribution in [0.15, 0.2) is 59.7 Å². The van der Waals surface area contributed by atoms with Crippen LogP contribution < -0.4 is 4.74 Å². The van der Waals surface area contributed by atoms with Crippen LogP contribution in [-0.2, 0) is 0 Å². The maximum atomic E-state index is 5.75. The third-order valence-electron chi connectivity index (χ3n) is 2.80. The second kappa shape index (κ2) is 5.53. The largest absolute Gasteiger partial charge is 0.489 e. The Morgan fingerprint density at radius 1 is 1.12 bits per heavy atom. The van der Waals surface area contributed by atoms with E-state index in [4.69, 9.17) is 4.74 Å². The van der Waals surface area contributed by atoms with E-state index in [1.54, 1.807) is 0 Å². The smallest absolute Gasteiger partial charge is 0.119 e. The fourth-order valence-electron chi connectivity index (χ4n) is 1.67. The van der Waals surface area contributed by atoms with E-state index in [2.05, 4.69) is 50.3 Å². The second-order valence-electron chi connectivity index (χ2n) is 4.46. The summed E-state index contributed by atoms with van der Waals surface area (Å²) in [7, 11) is 0. The third-order valence-corrected chi connectivity index (χ3v) is 2.80. The summed E-state index contributed by atoms with van der Waals surface area (Å²) in [6, 6.07) is 8.16. The van der Waals surface area contributed by atoms with E-state index in [1.807, 2.05) is 12.1 Å². The summed E-state index contributed by atoms with van der Waals surface area (Å²) in [5.74, 6) is 0.929. The number of hydrogen-bond donors (Lipinski definition) is 0. The van der Waals surface area contributed by atoms with E-state index in [0.29, 0.717) is 6.61 Å². The molecule has 0 aliphatic heterocycles. The number of allylic oxidation sites excluding steroid dienone is 4. The van der Waals surface area contributed by atoms with Crippen molar-refractivity contribution in [2.24, 2.45) is 0 Å². The Hall–Kier alpha value is -1.76. The Bertz CT molecular complexity index is 461. The lowest BCUT2D eigenvalue weighted by atomic mass is 10.2. The lowest BCUT2D eigenvalue weighted by Crippen LogP contribution is -1.99. The first kappa shape index (κ1) is 11.7. The molecule has 0 amide bonds. The fourth-order valence-corrected chi connectivity index (χ4v) is 1.67. The average molecular weight is 226 g/mol. The predicted molar refractivity (Wildman–Crippen MR) is 72.3 cm³/mol. The van der Waals surface area contributed by atoms with Gasteiger partial charge in [-0.25, -0.2) is 0 Å². The molecule has 1 aliphatic carbocycles. The quantitative estimate of drug-likeness (QED) is 0.750. The average Bonchev–Trinajstić information content (AvgIpc) is 2.54. The van der Waals surface area contributed by atoms with Crippen molar-refractivity contribution >= 4 is 0 Å². The Labute approximate surface area is 103 Å². The summed E-state index contributed by atoms with van der Waals surface area (Å²) >= 11 is 0. The molecule has 0 radical (unpaired) electrons. The minimum Gasteiger partial charge on any atom is -0.489 e. The molecule has 1 aliphatic rings. The van der Waals surface area contributed by atoms with Gasteiger partial charge in [-0.1, -0.05) is 47.6 Å². The molecule has 1 heteroatoms. The lowest BCUT2D eigenvalue weighted by molar-refractivity contribution is 0.355. The summed E-state index contributed by atoms with van der Waals surface area (Å²) in [5, 5.41) is 0. The maximum absolute atomic E-state index is 5.75. The van der Waals surface area contributed by atoms with Crippen molar-refractivity contribution in [3.63, 3.8) is 0 Å². The molecule has 88 valence electrons. The SMILES string of the molecule is CC1=CC=CC(COc2ccc(C)cc2)=CC1. The van der Waals surface area contributed by atoms with E-state index in [-0.39, 0.29) is 0 Å². The number of aryl methyl sites for hydroxylation is 1. The lowest BCUT2D eigenvalue weighted by Gasteiger charge is -2.07. The van der Waals surface area contributed by atoms with Crippen LogP contribution in [0.1, 0.15) is 18.9 Å². The van der Waals surface area contributed by atoms with Gasteiger partial charge in [0.25, 0.3) is 0 Å². The van der Waals surface area contributed by atoms with Crippen LogP contribution in [-0.4, -0.2) is 6.61 Å². The topological polar surface area (TPSA) is 9.23 Å². The van der Waals surface area contributed by atoms with E-state index in [1.165, 1.54) is 16.7 Å². The standard InChI is InChI=1S/C16H18O/c1-13-4-3-5-15(9-6-13)12-17-16-10-7-14(2)8-11-16/h3-5,7-11H,6,12H2,1-2H3. The minimum absolute atomic E-state index is 0.640. The van der Waals surface area contributed by atoms with E-state index < -0.39 is 0 Å². The maximum Gasteiger partial charge on any atom is 0.119 e. The fraction of sp³-hybridized carbons (Fsp3) is 0.250. The first-order valence-electron chi connectivity index (χ1n) is 5.96. The van der Waals surface area contributed by atoms with Gasteiger partial charge in [-0.05, 0) is 38.0 Å². The highest BCUT2D eigenvalue weighted by atomic mass is 16.5. The molecule has 0 atom stereocenters. The van der Waals surface area contributed by atoms with Crippen LogP contribution in [0.4, 0.5) is 0 Å². The van der Waals surface area contributed by atoms with Gasteiger partial charge in [0.15, 0.2) is 0 Å². The second-order valence-corrected chi connectivity index (χ2v) is 4.46. The van der Waals surface area contributed by atoms with Crippen LogP contribution in [0, 0.1) is 6.92 Å². The summed E-state index contributed by atoms with van der Waals surface area (Å²) < 4.78 is 5.75. The Morgan fingerprint density at radius 3 is 2.65 bits per heavy atom. The molecule has 0 fully saturated rings. The van der Waals surface area contributed by atoms with Crippen molar-refractivity contribution in [1.82, 2.24) is 0 Å². The summed E-state index contributed by atoms with van der Waals surface area (Å²) in [5.41, 5.74) is 3.87. The molecule has 0 spiro atoms. The monoisotopic (exact) mass is 226 g/mol. The number of rotatable bonds is 3. The number of benzene rings is 1. The zero-order valence-electron chi connectivity index (χ0n) is 10.4. The molecule has 1 aromatic rings. The van der Waals surface area contributed by atoms with E-state index in [9.17, 15) is 0 Å². The molecular weight excluding hydrogens is 208 g/mol. The molecule has 2 rings (SSSR count). The molecule has 1 nitrogen and oxygen atoms in total. The predicted octanol–water partition coefficient (Wildman–Crippen LogP) is 4.21. The Morgan fingerprint density at radius 2 is 1.88 bits per heavy atom. The van der Waals surface area contributed by atoms with Crippen LogP contribution in [0.3, 0.4) is 0 Å². The Kier molecular flexibility index (Phi) is 3.81. The van der Waals surface area contributed by atoms with Gasteiger partial charge in [0.2, 0.25) is 0 Å².